The molecule has 0 saturated heterocycles. The van der Waals surface area contributed by atoms with Crippen LogP contribution in [0, 0.1) is 34.0 Å². The van der Waals surface area contributed by atoms with Gasteiger partial charge in [-0.15, -0.1) is 11.3 Å². The molecule has 0 radical (unpaired) electrons. The number of benzene rings is 18. The molecule has 690 valence electrons. The molecule has 0 aliphatic rings. The Kier molecular flexibility index (Phi) is 57.4. The van der Waals surface area contributed by atoms with Crippen molar-refractivity contribution in [3.8, 4) is 75.3 Å². The fourth-order valence-corrected chi connectivity index (χ4v) is 14.8. The minimum absolute atomic E-state index is 0. The molecule has 8 N–H and O–H groups in total. The van der Waals surface area contributed by atoms with E-state index in [2.05, 4.69) is 130 Å². The summed E-state index contributed by atoms with van der Waals surface area (Å²) in [6, 6.07) is 138. The Bertz CT molecular complexity index is 7850. The topological polar surface area (TPSA) is 381 Å². The molecule has 0 unspecified atom stereocenters. The third kappa shape index (κ3) is 39.9. The van der Waals surface area contributed by atoms with Gasteiger partial charge in [0, 0.05) is 93.4 Å². The van der Waals surface area contributed by atoms with Gasteiger partial charge in [0.2, 0.25) is 17.1 Å². The average molecular weight is 1950 g/mol. The summed E-state index contributed by atoms with van der Waals surface area (Å²) in [5.41, 5.74) is 14.4. The van der Waals surface area contributed by atoms with Crippen LogP contribution in [0.15, 0.2) is 448 Å². The first-order valence-electron chi connectivity index (χ1n) is 44.4. The van der Waals surface area contributed by atoms with E-state index in [0.717, 1.165) is 38.1 Å². The van der Waals surface area contributed by atoms with E-state index in [-0.39, 0.29) is 197 Å². The fourth-order valence-electron chi connectivity index (χ4n) is 13.7. The first-order valence-corrected chi connectivity index (χ1v) is 46.2. The van der Waals surface area contributed by atoms with Crippen molar-refractivity contribution in [3.05, 3.63) is 508 Å². The van der Waals surface area contributed by atoms with Gasteiger partial charge in [-0.2, -0.15) is 15.8 Å². The first-order chi connectivity index (χ1) is 69.6. The number of hydrogen-bond donors (Lipinski definition) is 8. The van der Waals surface area contributed by atoms with Crippen molar-refractivity contribution >= 4 is 150 Å². The molecule has 20 aromatic rings. The Hall–Kier alpha value is -14.9. The molecule has 2 heterocycles. The molecule has 0 amide bonds. The van der Waals surface area contributed by atoms with Gasteiger partial charge in [-0.05, 0) is 150 Å². The molecule has 0 aliphatic carbocycles. The van der Waals surface area contributed by atoms with Crippen LogP contribution in [0.25, 0.3) is 43.4 Å². The Morgan fingerprint density at radius 2 is 0.600 bits per heavy atom. The van der Waals surface area contributed by atoms with E-state index in [1.165, 1.54) is 79.0 Å². The minimum Gasteiger partial charge on any atom is -0.872 e. The van der Waals surface area contributed by atoms with Gasteiger partial charge < -0.3 is 40.9 Å². The van der Waals surface area contributed by atoms with Crippen LogP contribution in [0.5, 0.6) is 46.0 Å². The second-order valence-electron chi connectivity index (χ2n) is 30.6. The van der Waals surface area contributed by atoms with E-state index in [0.29, 0.717) is 67.4 Å². The number of rotatable bonds is 17. The van der Waals surface area contributed by atoms with Gasteiger partial charge >= 0.3 is 156 Å². The van der Waals surface area contributed by atoms with E-state index in [1.54, 1.807) is 237 Å². The largest absolute Gasteiger partial charge is 1.00 e. The summed E-state index contributed by atoms with van der Waals surface area (Å²) in [4.78, 5) is 29.4. The molecule has 18 aromatic carbocycles. The van der Waals surface area contributed by atoms with Crippen molar-refractivity contribution in [2.24, 2.45) is 0 Å². The van der Waals surface area contributed by atoms with Gasteiger partial charge in [0.05, 0.1) is 39.9 Å². The maximum absolute atomic E-state index is 11.9. The van der Waals surface area contributed by atoms with Gasteiger partial charge in [-0.1, -0.05) is 338 Å². The van der Waals surface area contributed by atoms with Gasteiger partial charge in [-0.25, -0.2) is 39.9 Å². The first kappa shape index (κ1) is 126. The molecule has 20 nitrogen and oxygen atoms in total. The Morgan fingerprint density at radius 3 is 1.06 bits per heavy atom. The summed E-state index contributed by atoms with van der Waals surface area (Å²) in [7, 11) is 0. The molecule has 20 rings (SSSR count). The third-order valence-electron chi connectivity index (χ3n) is 20.9. The molecule has 0 bridgehead atoms. The summed E-state index contributed by atoms with van der Waals surface area (Å²) in [5.74, 6) is -0.0849. The monoisotopic (exact) mass is 1950 g/mol. The zero-order valence-corrected chi connectivity index (χ0v) is 85.8. The van der Waals surface area contributed by atoms with Crippen molar-refractivity contribution in [1.29, 1.82) is 15.8 Å². The van der Waals surface area contributed by atoms with Crippen LogP contribution in [0.2, 0.25) is 0 Å². The molecule has 2 aromatic heterocycles. The number of aromatic nitrogens is 1. The van der Waals surface area contributed by atoms with Crippen LogP contribution in [0.3, 0.4) is 0 Å². The predicted molar refractivity (Wildman–Crippen MR) is 551 cm³/mol. The molecule has 0 spiro atoms. The van der Waals surface area contributed by atoms with Crippen molar-refractivity contribution in [2.45, 2.75) is 0 Å². The van der Waals surface area contributed by atoms with E-state index in [9.17, 15) is 40.9 Å². The van der Waals surface area contributed by atoms with E-state index in [1.807, 2.05) is 181 Å². The number of thiophene rings is 1. The summed E-state index contributed by atoms with van der Waals surface area (Å²) in [5, 5.41) is 130. The van der Waals surface area contributed by atoms with Crippen LogP contribution in [-0.4, -0.2) is 54.7 Å². The van der Waals surface area contributed by atoms with E-state index in [4.69, 9.17) is 15.8 Å². The normalized spacial score (nSPS) is 10.2. The maximum atomic E-state index is 11.9. The molecule has 30 heteroatoms. The molecule has 0 saturated carbocycles. The molecular formula is C120H90Li8N12O8S2+8. The number of hydrogen-bond acceptors (Lipinski definition) is 14. The maximum Gasteiger partial charge on any atom is 1.00 e. The van der Waals surface area contributed by atoms with Gasteiger partial charge in [-0.3, -0.25) is 0 Å². The molecule has 0 aliphatic heterocycles. The van der Waals surface area contributed by atoms with E-state index >= 15 is 0 Å². The van der Waals surface area contributed by atoms with Crippen LogP contribution in [0.1, 0.15) is 60.5 Å². The Labute approximate surface area is 975 Å². The quantitative estimate of drug-likeness (QED) is 0.0240. The number of nitrogens with one attached hydrogen (secondary N) is 8. The molecule has 0 fully saturated rings. The van der Waals surface area contributed by atoms with Crippen LogP contribution in [-0.2, 0) is 0 Å². The second-order valence-corrected chi connectivity index (χ2v) is 32.5. The predicted octanol–water partition coefficient (Wildman–Crippen LogP) is -15.0. The van der Waals surface area contributed by atoms with Crippen molar-refractivity contribution in [2.75, 3.05) is 0 Å². The van der Waals surface area contributed by atoms with Crippen molar-refractivity contribution < 1.29 is 232 Å². The van der Waals surface area contributed by atoms with Crippen LogP contribution in [0.4, 0.5) is 44.9 Å². The summed E-state index contributed by atoms with van der Waals surface area (Å²) < 4.78 is 0. The minimum atomic E-state index is -0.0468. The van der Waals surface area contributed by atoms with Gasteiger partial charge in [0.1, 0.15) is 11.6 Å². The second kappa shape index (κ2) is 68.6. The zero-order valence-electron chi connectivity index (χ0n) is 84.2. The van der Waals surface area contributed by atoms with Crippen LogP contribution >= 0.6 is 22.7 Å². The molecular weight excluding hydrogens is 1860 g/mol. The zero-order chi connectivity index (χ0) is 99.1. The number of thiazole rings is 1. The molecule has 150 heavy (non-hydrogen) atoms. The standard InChI is InChI=1S/C21H15NO.C19H15NO.C17H13NO.3C14H10N2O.C11H9NOS.C10H8N2OS.8Li/c23-21-12-6-5-11-20(21)22-14-19-17-9-3-1-7-15(17)13-16-8-2-4-10-18(16)19;21-19-9-5-4-8-18(19)20-14-15-10-12-17(13-11-15)16-6-2-1-3-7-16;19-17-11-4-3-10-16(17)18-12-14-8-5-7-13-6-1-2-9-15(13)14;15-9-11-5-1-3-7-13(11)16-10-12-6-2-4-8-14(12)17;15-9-11-4-3-6-13(8-11)16-10-12-5-1-2-7-14(12)17;15-9-11-5-7-13(8-6-11)16-10-12-3-1-2-4-14(12)17;13-11-6-2-1-5-10(11)12-8-9-4-3-7-14-9;13-9-4-2-1-3-8(9)7-12-10-11-5-6-14-10;;;;;;;;/h1-14,23H;1-14,21H;1-12,19H;3*1-8,10,17H;1-8,13H;1-7,13H;;;;;;;;/q;;;;;;;;8*+1. The third-order valence-corrected chi connectivity index (χ3v) is 22.5. The summed E-state index contributed by atoms with van der Waals surface area (Å²) in [6.07, 6.45) is 15.8. The van der Waals surface area contributed by atoms with Crippen LogP contribution < -0.4 is 232 Å². The number of fused-ring (bicyclic) bond motifs is 3. The molecule has 0 atom stereocenters. The number of nitriles is 3. The Morgan fingerprint density at radius 1 is 0.233 bits per heavy atom. The smallest absolute Gasteiger partial charge is 0.872 e. The van der Waals surface area contributed by atoms with Gasteiger partial charge in [0.25, 0.3) is 0 Å². The Balaban J connectivity index is 0.000000300. The van der Waals surface area contributed by atoms with E-state index < -0.39 is 0 Å². The summed E-state index contributed by atoms with van der Waals surface area (Å²) >= 11 is 3.12. The SMILES string of the molecule is N#Cc1ccc([NH+]=Cc2ccccc2[O-])cc1.N#Cc1cccc([NH+]=Cc2ccccc2[O-])c1.N#Cc1ccccc1[NH+]=Cc1ccccc1[O-].[Li+].[Li+].[Li+].[Li+].[Li+].[Li+].[Li+].[Li+].[O-]c1ccccc1C=[NH+]c1nccs1.[O-]c1ccccc1[NH+]=Cc1c2ccccc2cc2ccccc12.[O-]c1ccccc1[NH+]=Cc1ccc(-c2ccccc2)cc1.[O-]c1ccccc1[NH+]=Cc1cccc2ccccc12.[O-]c1ccccc1[NH+]=Cc1cccs1. The van der Waals surface area contributed by atoms with Crippen molar-refractivity contribution in [1.82, 2.24) is 4.98 Å². The average Bonchev–Trinajstić information content (AvgIpc) is 0.859. The fraction of sp³-hybridized carbons (Fsp3) is 0. The van der Waals surface area contributed by atoms with Crippen molar-refractivity contribution in [3.63, 3.8) is 0 Å². The van der Waals surface area contributed by atoms with Gasteiger partial charge in [0.15, 0.2) is 72.4 Å². The number of nitrogens with zero attached hydrogens (tertiary/aromatic N) is 4. The number of para-hydroxylation sites is 13. The summed E-state index contributed by atoms with van der Waals surface area (Å²) in [6.45, 7) is 0.